The zero-order valence-electron chi connectivity index (χ0n) is 12.4. The van der Waals surface area contributed by atoms with Crippen molar-refractivity contribution < 1.29 is 9.59 Å². The van der Waals surface area contributed by atoms with Gasteiger partial charge in [-0.15, -0.1) is 0 Å². The molecule has 1 fully saturated rings. The maximum Gasteiger partial charge on any atom is 0.242 e. The highest BCUT2D eigenvalue weighted by Gasteiger charge is 2.27. The Balaban J connectivity index is 1.87. The van der Waals surface area contributed by atoms with E-state index >= 15 is 0 Å². The fourth-order valence-corrected chi connectivity index (χ4v) is 2.69. The van der Waals surface area contributed by atoms with Crippen LogP contribution in [-0.4, -0.2) is 39.4 Å². The van der Waals surface area contributed by atoms with Crippen LogP contribution in [0.5, 0.6) is 0 Å². The van der Waals surface area contributed by atoms with Crippen LogP contribution in [0.4, 0.5) is 0 Å². The Hall–Kier alpha value is -1.89. The molecule has 1 aliphatic heterocycles. The molecular weight excluding hydrogens is 270 g/mol. The summed E-state index contributed by atoms with van der Waals surface area (Å²) in [5.74, 6) is 5.95. The summed E-state index contributed by atoms with van der Waals surface area (Å²) in [5.41, 5.74) is 2.18. The normalized spacial score (nSPS) is 16.0. The predicted octanol–water partition coefficient (Wildman–Crippen LogP) is 0.0641. The van der Waals surface area contributed by atoms with Gasteiger partial charge in [0.1, 0.15) is 12.4 Å². The molecule has 0 bridgehead atoms. The molecule has 2 heterocycles. The van der Waals surface area contributed by atoms with E-state index in [9.17, 15) is 9.59 Å². The van der Waals surface area contributed by atoms with Crippen molar-refractivity contribution in [2.75, 3.05) is 13.1 Å². The lowest BCUT2D eigenvalue weighted by Gasteiger charge is -2.31. The fourth-order valence-electron chi connectivity index (χ4n) is 2.69. The monoisotopic (exact) mass is 293 g/mol. The van der Waals surface area contributed by atoms with Crippen molar-refractivity contribution in [1.82, 2.24) is 19.9 Å². The Morgan fingerprint density at radius 2 is 2.14 bits per heavy atom. The Morgan fingerprint density at radius 3 is 2.76 bits per heavy atom. The van der Waals surface area contributed by atoms with E-state index in [4.69, 9.17) is 5.84 Å². The van der Waals surface area contributed by atoms with E-state index in [1.54, 1.807) is 6.20 Å². The lowest BCUT2D eigenvalue weighted by atomic mass is 9.96. The van der Waals surface area contributed by atoms with Crippen LogP contribution in [0.3, 0.4) is 0 Å². The number of hydrazine groups is 1. The summed E-state index contributed by atoms with van der Waals surface area (Å²) in [6.45, 7) is 3.63. The van der Waals surface area contributed by atoms with Crippen molar-refractivity contribution in [1.29, 1.82) is 0 Å². The molecule has 3 N–H and O–H groups in total. The van der Waals surface area contributed by atoms with E-state index in [-0.39, 0.29) is 17.7 Å². The standard InChI is InChI=1S/C14H23N5O2/c1-2-3-12-16-6-9-19(12)10-13(20)18-7-4-11(5-8-18)14(21)17-15/h6,9,11H,2-5,7-8,10,15H2,1H3,(H,17,21). The van der Waals surface area contributed by atoms with Gasteiger partial charge in [0.2, 0.25) is 11.8 Å². The van der Waals surface area contributed by atoms with Crippen molar-refractivity contribution in [3.63, 3.8) is 0 Å². The summed E-state index contributed by atoms with van der Waals surface area (Å²) in [5, 5.41) is 0. The molecule has 116 valence electrons. The summed E-state index contributed by atoms with van der Waals surface area (Å²) >= 11 is 0. The summed E-state index contributed by atoms with van der Waals surface area (Å²) in [4.78, 5) is 29.9. The van der Waals surface area contributed by atoms with Crippen molar-refractivity contribution in [2.24, 2.45) is 11.8 Å². The number of aryl methyl sites for hydroxylation is 1. The molecule has 0 radical (unpaired) electrons. The number of amides is 2. The second-order valence-corrected chi connectivity index (χ2v) is 5.39. The van der Waals surface area contributed by atoms with Gasteiger partial charge in [0.05, 0.1) is 0 Å². The first-order chi connectivity index (χ1) is 10.2. The molecule has 7 nitrogen and oxygen atoms in total. The predicted molar refractivity (Wildman–Crippen MR) is 77.9 cm³/mol. The van der Waals surface area contributed by atoms with E-state index < -0.39 is 0 Å². The molecule has 0 saturated carbocycles. The number of piperidine rings is 1. The van der Waals surface area contributed by atoms with E-state index in [1.807, 2.05) is 15.7 Å². The zero-order chi connectivity index (χ0) is 15.2. The average Bonchev–Trinajstić information content (AvgIpc) is 2.94. The number of nitrogens with one attached hydrogen (secondary N) is 1. The molecular formula is C14H23N5O2. The quantitative estimate of drug-likeness (QED) is 0.456. The van der Waals surface area contributed by atoms with Gasteiger partial charge < -0.3 is 9.47 Å². The van der Waals surface area contributed by atoms with Gasteiger partial charge in [0.25, 0.3) is 0 Å². The van der Waals surface area contributed by atoms with Gasteiger partial charge in [-0.3, -0.25) is 15.0 Å². The van der Waals surface area contributed by atoms with Gasteiger partial charge in [0.15, 0.2) is 0 Å². The highest BCUT2D eigenvalue weighted by Crippen LogP contribution is 2.17. The van der Waals surface area contributed by atoms with Crippen LogP contribution in [0.2, 0.25) is 0 Å². The molecule has 0 aromatic carbocycles. The third-order valence-corrected chi connectivity index (χ3v) is 3.94. The average molecular weight is 293 g/mol. The second-order valence-electron chi connectivity index (χ2n) is 5.39. The van der Waals surface area contributed by atoms with E-state index in [2.05, 4.69) is 17.3 Å². The van der Waals surface area contributed by atoms with Crippen LogP contribution in [0, 0.1) is 5.92 Å². The summed E-state index contributed by atoms with van der Waals surface area (Å²) in [7, 11) is 0. The number of carbonyl (C=O) groups is 2. The third kappa shape index (κ3) is 3.81. The Morgan fingerprint density at radius 1 is 1.43 bits per heavy atom. The van der Waals surface area contributed by atoms with Gasteiger partial charge in [-0.25, -0.2) is 10.8 Å². The Labute approximate surface area is 124 Å². The maximum atomic E-state index is 12.3. The van der Waals surface area contributed by atoms with Crippen molar-refractivity contribution in [3.8, 4) is 0 Å². The summed E-state index contributed by atoms with van der Waals surface area (Å²) in [6.07, 6.45) is 6.79. The molecule has 21 heavy (non-hydrogen) atoms. The fraction of sp³-hybridized carbons (Fsp3) is 0.643. The first-order valence-corrected chi connectivity index (χ1v) is 7.44. The SMILES string of the molecule is CCCc1nccn1CC(=O)N1CCC(C(=O)NN)CC1. The highest BCUT2D eigenvalue weighted by molar-refractivity contribution is 5.79. The number of nitrogens with two attached hydrogens (primary N) is 1. The minimum absolute atomic E-state index is 0.0805. The van der Waals surface area contributed by atoms with Crippen molar-refractivity contribution in [3.05, 3.63) is 18.2 Å². The highest BCUT2D eigenvalue weighted by atomic mass is 16.2. The first kappa shape index (κ1) is 15.5. The lowest BCUT2D eigenvalue weighted by molar-refractivity contribution is -0.136. The first-order valence-electron chi connectivity index (χ1n) is 7.44. The molecule has 1 aliphatic rings. The molecule has 0 atom stereocenters. The number of hydrogen-bond donors (Lipinski definition) is 2. The number of imidazole rings is 1. The van der Waals surface area contributed by atoms with Crippen LogP contribution in [0.15, 0.2) is 12.4 Å². The molecule has 1 saturated heterocycles. The molecule has 7 heteroatoms. The summed E-state index contributed by atoms with van der Waals surface area (Å²) in [6, 6.07) is 0. The number of carbonyl (C=O) groups excluding carboxylic acids is 2. The number of nitrogens with zero attached hydrogens (tertiary/aromatic N) is 3. The topological polar surface area (TPSA) is 93.2 Å². The van der Waals surface area contributed by atoms with Gasteiger partial charge >= 0.3 is 0 Å². The van der Waals surface area contributed by atoms with E-state index in [0.29, 0.717) is 32.5 Å². The molecule has 2 rings (SSSR count). The van der Waals surface area contributed by atoms with Crippen LogP contribution in [-0.2, 0) is 22.6 Å². The lowest BCUT2D eigenvalue weighted by Crippen LogP contribution is -2.45. The largest absolute Gasteiger partial charge is 0.341 e. The smallest absolute Gasteiger partial charge is 0.242 e. The van der Waals surface area contributed by atoms with Crippen molar-refractivity contribution >= 4 is 11.8 Å². The van der Waals surface area contributed by atoms with Crippen LogP contribution < -0.4 is 11.3 Å². The molecule has 0 spiro atoms. The molecule has 1 aromatic heterocycles. The minimum atomic E-state index is -0.137. The molecule has 1 aromatic rings. The Kier molecular flexibility index (Phi) is 5.32. The molecule has 2 amide bonds. The van der Waals surface area contributed by atoms with E-state index in [0.717, 1.165) is 18.7 Å². The van der Waals surface area contributed by atoms with Crippen LogP contribution >= 0.6 is 0 Å². The molecule has 0 aliphatic carbocycles. The van der Waals surface area contributed by atoms with Gasteiger partial charge in [-0.05, 0) is 19.3 Å². The summed E-state index contributed by atoms with van der Waals surface area (Å²) < 4.78 is 1.91. The Bertz CT molecular complexity index is 491. The minimum Gasteiger partial charge on any atom is -0.341 e. The molecule has 0 unspecified atom stereocenters. The van der Waals surface area contributed by atoms with Crippen LogP contribution in [0.1, 0.15) is 32.0 Å². The second kappa shape index (κ2) is 7.21. The van der Waals surface area contributed by atoms with Gasteiger partial charge in [-0.1, -0.05) is 6.92 Å². The van der Waals surface area contributed by atoms with Gasteiger partial charge in [0, 0.05) is 37.8 Å². The van der Waals surface area contributed by atoms with Gasteiger partial charge in [-0.2, -0.15) is 0 Å². The van der Waals surface area contributed by atoms with Crippen LogP contribution in [0.25, 0.3) is 0 Å². The third-order valence-electron chi connectivity index (χ3n) is 3.94. The number of hydrogen-bond acceptors (Lipinski definition) is 4. The number of aromatic nitrogens is 2. The maximum absolute atomic E-state index is 12.3. The van der Waals surface area contributed by atoms with E-state index in [1.165, 1.54) is 0 Å². The number of likely N-dealkylation sites (tertiary alicyclic amines) is 1. The zero-order valence-corrected chi connectivity index (χ0v) is 12.4. The number of rotatable bonds is 5. The van der Waals surface area contributed by atoms with Crippen molar-refractivity contribution in [2.45, 2.75) is 39.2 Å².